The molecule has 1 aromatic rings. The summed E-state index contributed by atoms with van der Waals surface area (Å²) >= 11 is 0. The molecule has 0 aliphatic rings. The Hall–Kier alpha value is -1.42. The SMILES string of the molecule is Nc1ccc(O)cc1OCCO. The summed E-state index contributed by atoms with van der Waals surface area (Å²) in [6.07, 6.45) is 0. The standard InChI is InChI=1S/C8H11NO3/c9-7-2-1-6(11)5-8(7)12-4-3-10/h1-2,5,10-11H,3-4,9H2. The van der Waals surface area contributed by atoms with Gasteiger partial charge in [-0.05, 0) is 12.1 Å². The molecule has 4 N–H and O–H groups in total. The number of nitrogens with two attached hydrogens (primary N) is 1. The molecule has 1 rings (SSSR count). The third-order valence-electron chi connectivity index (χ3n) is 1.35. The van der Waals surface area contributed by atoms with Gasteiger partial charge in [0.1, 0.15) is 18.1 Å². The molecule has 0 unspecified atom stereocenters. The molecule has 12 heavy (non-hydrogen) atoms. The fourth-order valence-corrected chi connectivity index (χ4v) is 0.804. The predicted octanol–water partition coefficient (Wildman–Crippen LogP) is 0.346. The lowest BCUT2D eigenvalue weighted by Gasteiger charge is -2.06. The van der Waals surface area contributed by atoms with Gasteiger partial charge in [0.25, 0.3) is 0 Å². The third-order valence-corrected chi connectivity index (χ3v) is 1.35. The highest BCUT2D eigenvalue weighted by Gasteiger charge is 2.00. The Morgan fingerprint density at radius 1 is 1.42 bits per heavy atom. The number of hydrogen-bond donors (Lipinski definition) is 3. The van der Waals surface area contributed by atoms with Crippen LogP contribution in [0, 0.1) is 0 Å². The maximum Gasteiger partial charge on any atom is 0.145 e. The number of aliphatic hydroxyl groups is 1. The Balaban J connectivity index is 2.75. The molecule has 0 saturated heterocycles. The van der Waals surface area contributed by atoms with Gasteiger partial charge in [0.2, 0.25) is 0 Å². The van der Waals surface area contributed by atoms with Crippen molar-refractivity contribution in [2.75, 3.05) is 18.9 Å². The van der Waals surface area contributed by atoms with E-state index in [4.69, 9.17) is 20.7 Å². The van der Waals surface area contributed by atoms with Gasteiger partial charge in [-0.3, -0.25) is 0 Å². The smallest absolute Gasteiger partial charge is 0.145 e. The first-order valence-electron chi connectivity index (χ1n) is 3.56. The predicted molar refractivity (Wildman–Crippen MR) is 45.1 cm³/mol. The van der Waals surface area contributed by atoms with Crippen molar-refractivity contribution in [1.82, 2.24) is 0 Å². The van der Waals surface area contributed by atoms with E-state index in [1.54, 1.807) is 6.07 Å². The summed E-state index contributed by atoms with van der Waals surface area (Å²) in [5.74, 6) is 0.487. The van der Waals surface area contributed by atoms with Crippen LogP contribution >= 0.6 is 0 Å². The summed E-state index contributed by atoms with van der Waals surface area (Å²) in [6, 6.07) is 4.42. The number of aromatic hydroxyl groups is 1. The van der Waals surface area contributed by atoms with Crippen molar-refractivity contribution in [3.8, 4) is 11.5 Å². The first-order chi connectivity index (χ1) is 5.74. The monoisotopic (exact) mass is 169 g/mol. The molecule has 0 aliphatic carbocycles. The largest absolute Gasteiger partial charge is 0.508 e. The van der Waals surface area contributed by atoms with Gasteiger partial charge in [-0.1, -0.05) is 0 Å². The molecule has 0 saturated carbocycles. The van der Waals surface area contributed by atoms with Crippen molar-refractivity contribution >= 4 is 5.69 Å². The number of hydrogen-bond acceptors (Lipinski definition) is 4. The molecule has 0 amide bonds. The van der Waals surface area contributed by atoms with Crippen LogP contribution in [-0.2, 0) is 0 Å². The quantitative estimate of drug-likeness (QED) is 0.450. The second-order valence-corrected chi connectivity index (χ2v) is 2.29. The van der Waals surface area contributed by atoms with E-state index in [0.29, 0.717) is 11.4 Å². The second-order valence-electron chi connectivity index (χ2n) is 2.29. The highest BCUT2D eigenvalue weighted by Crippen LogP contribution is 2.25. The molecule has 1 aromatic carbocycles. The average molecular weight is 169 g/mol. The maximum atomic E-state index is 9.04. The van der Waals surface area contributed by atoms with Crippen molar-refractivity contribution in [2.45, 2.75) is 0 Å². The Morgan fingerprint density at radius 3 is 2.83 bits per heavy atom. The number of ether oxygens (including phenoxy) is 1. The lowest BCUT2D eigenvalue weighted by molar-refractivity contribution is 0.201. The van der Waals surface area contributed by atoms with Crippen LogP contribution in [0.25, 0.3) is 0 Å². The van der Waals surface area contributed by atoms with E-state index in [9.17, 15) is 0 Å². The van der Waals surface area contributed by atoms with Crippen LogP contribution in [0.4, 0.5) is 5.69 Å². The molecule has 4 heteroatoms. The van der Waals surface area contributed by atoms with E-state index in [1.807, 2.05) is 0 Å². The van der Waals surface area contributed by atoms with Crippen LogP contribution in [-0.4, -0.2) is 23.4 Å². The van der Waals surface area contributed by atoms with E-state index in [2.05, 4.69) is 0 Å². The number of rotatable bonds is 3. The molecule has 0 spiro atoms. The Bertz CT molecular complexity index is 262. The first kappa shape index (κ1) is 8.67. The number of phenolic OH excluding ortho intramolecular Hbond substituents is 1. The highest BCUT2D eigenvalue weighted by atomic mass is 16.5. The number of anilines is 1. The zero-order chi connectivity index (χ0) is 8.97. The van der Waals surface area contributed by atoms with Crippen molar-refractivity contribution in [3.05, 3.63) is 18.2 Å². The van der Waals surface area contributed by atoms with Crippen LogP contribution in [0.2, 0.25) is 0 Å². The summed E-state index contributed by atoms with van der Waals surface area (Å²) in [5, 5.41) is 17.5. The number of aliphatic hydroxyl groups excluding tert-OH is 1. The van der Waals surface area contributed by atoms with E-state index < -0.39 is 0 Å². The number of benzene rings is 1. The van der Waals surface area contributed by atoms with Crippen LogP contribution in [0.5, 0.6) is 11.5 Å². The molecule has 0 aromatic heterocycles. The minimum absolute atomic E-state index is 0.0743. The molecular weight excluding hydrogens is 158 g/mol. The van der Waals surface area contributed by atoms with E-state index in [1.165, 1.54) is 12.1 Å². The number of phenols is 1. The van der Waals surface area contributed by atoms with Crippen LogP contribution in [0.3, 0.4) is 0 Å². The molecule has 66 valence electrons. The van der Waals surface area contributed by atoms with Gasteiger partial charge in [-0.25, -0.2) is 0 Å². The Kier molecular flexibility index (Phi) is 2.76. The summed E-state index contributed by atoms with van der Waals surface area (Å²) < 4.78 is 5.03. The van der Waals surface area contributed by atoms with Gasteiger partial charge in [-0.15, -0.1) is 0 Å². The van der Waals surface area contributed by atoms with Crippen LogP contribution < -0.4 is 10.5 Å². The van der Waals surface area contributed by atoms with Gasteiger partial charge >= 0.3 is 0 Å². The maximum absolute atomic E-state index is 9.04. The fourth-order valence-electron chi connectivity index (χ4n) is 0.804. The van der Waals surface area contributed by atoms with Crippen LogP contribution in [0.1, 0.15) is 0 Å². The lowest BCUT2D eigenvalue weighted by atomic mass is 10.3. The van der Waals surface area contributed by atoms with Gasteiger partial charge < -0.3 is 20.7 Å². The molecular formula is C8H11NO3. The van der Waals surface area contributed by atoms with Crippen molar-refractivity contribution in [1.29, 1.82) is 0 Å². The normalized spacial score (nSPS) is 9.75. The zero-order valence-corrected chi connectivity index (χ0v) is 6.53. The molecule has 0 bridgehead atoms. The van der Waals surface area contributed by atoms with Gasteiger partial charge in [0.15, 0.2) is 0 Å². The van der Waals surface area contributed by atoms with E-state index in [0.717, 1.165) is 0 Å². The Labute approximate surface area is 70.2 Å². The third kappa shape index (κ3) is 2.03. The van der Waals surface area contributed by atoms with Crippen molar-refractivity contribution < 1.29 is 14.9 Å². The van der Waals surface area contributed by atoms with Gasteiger partial charge in [0.05, 0.1) is 12.3 Å². The highest BCUT2D eigenvalue weighted by molar-refractivity contribution is 5.55. The summed E-state index contributed by atoms with van der Waals surface area (Å²) in [4.78, 5) is 0. The second kappa shape index (κ2) is 3.82. The van der Waals surface area contributed by atoms with Crippen LogP contribution in [0.15, 0.2) is 18.2 Å². The average Bonchev–Trinajstić information content (AvgIpc) is 2.07. The molecule has 0 aliphatic heterocycles. The van der Waals surface area contributed by atoms with Gasteiger partial charge in [-0.2, -0.15) is 0 Å². The summed E-state index contributed by atoms with van der Waals surface area (Å²) in [7, 11) is 0. The molecule has 0 atom stereocenters. The first-order valence-corrected chi connectivity index (χ1v) is 3.56. The molecule has 0 radical (unpaired) electrons. The molecule has 0 heterocycles. The minimum atomic E-state index is -0.0743. The van der Waals surface area contributed by atoms with Crippen molar-refractivity contribution in [3.63, 3.8) is 0 Å². The molecule has 0 fully saturated rings. The zero-order valence-electron chi connectivity index (χ0n) is 6.53. The summed E-state index contributed by atoms with van der Waals surface area (Å²) in [6.45, 7) is 0.0999. The van der Waals surface area contributed by atoms with E-state index in [-0.39, 0.29) is 19.0 Å². The minimum Gasteiger partial charge on any atom is -0.508 e. The topological polar surface area (TPSA) is 75.7 Å². The number of nitrogen functional groups attached to an aromatic ring is 1. The lowest BCUT2D eigenvalue weighted by Crippen LogP contribution is -2.03. The molecule has 4 nitrogen and oxygen atoms in total. The van der Waals surface area contributed by atoms with Crippen molar-refractivity contribution in [2.24, 2.45) is 0 Å². The fraction of sp³-hybridized carbons (Fsp3) is 0.250. The van der Waals surface area contributed by atoms with E-state index >= 15 is 0 Å². The van der Waals surface area contributed by atoms with Gasteiger partial charge in [0, 0.05) is 6.07 Å². The Morgan fingerprint density at radius 2 is 2.17 bits per heavy atom. The summed E-state index contributed by atoms with van der Waals surface area (Å²) in [5.41, 5.74) is 5.96.